The van der Waals surface area contributed by atoms with Crippen molar-refractivity contribution in [3.05, 3.63) is 59.9 Å². The van der Waals surface area contributed by atoms with Crippen LogP contribution in [0.5, 0.6) is 0 Å². The van der Waals surface area contributed by atoms with Crippen molar-refractivity contribution >= 4 is 0 Å². The van der Waals surface area contributed by atoms with E-state index in [9.17, 15) is 4.39 Å². The van der Waals surface area contributed by atoms with E-state index in [0.717, 1.165) is 18.4 Å². The minimum atomic E-state index is -0.261. The molecule has 0 spiro atoms. The van der Waals surface area contributed by atoms with Crippen molar-refractivity contribution in [1.29, 1.82) is 0 Å². The highest BCUT2D eigenvalue weighted by molar-refractivity contribution is 5.18. The van der Waals surface area contributed by atoms with Gasteiger partial charge < -0.3 is 5.32 Å². The average molecular weight is 245 g/mol. The minimum Gasteiger partial charge on any atom is -0.313 e. The van der Waals surface area contributed by atoms with Gasteiger partial charge in [-0.05, 0) is 37.6 Å². The second-order valence-electron chi connectivity index (χ2n) is 4.14. The van der Waals surface area contributed by atoms with Gasteiger partial charge in [-0.2, -0.15) is 0 Å². The quantitative estimate of drug-likeness (QED) is 0.879. The first-order chi connectivity index (χ1) is 8.81. The predicted octanol–water partition coefficient (Wildman–Crippen LogP) is 2.51. The Hall–Kier alpha value is -1.81. The lowest BCUT2D eigenvalue weighted by molar-refractivity contribution is 0.506. The van der Waals surface area contributed by atoms with E-state index in [1.54, 1.807) is 18.5 Å². The molecule has 0 aliphatic heterocycles. The number of nitrogens with zero attached hydrogens (tertiary/aromatic N) is 2. The van der Waals surface area contributed by atoms with Crippen LogP contribution in [0.2, 0.25) is 0 Å². The van der Waals surface area contributed by atoms with Crippen molar-refractivity contribution in [3.63, 3.8) is 0 Å². The molecular formula is C14H16FN3. The fourth-order valence-electron chi connectivity index (χ4n) is 1.98. The molecule has 1 atom stereocenters. The smallest absolute Gasteiger partial charge is 0.146 e. The Morgan fingerprint density at radius 1 is 1.22 bits per heavy atom. The van der Waals surface area contributed by atoms with E-state index in [1.807, 2.05) is 25.4 Å². The second-order valence-corrected chi connectivity index (χ2v) is 4.14. The highest BCUT2D eigenvalue weighted by atomic mass is 19.1. The first-order valence-electron chi connectivity index (χ1n) is 5.97. The molecule has 2 aromatic heterocycles. The van der Waals surface area contributed by atoms with Crippen LogP contribution in [-0.2, 0) is 6.42 Å². The van der Waals surface area contributed by atoms with Crippen LogP contribution in [0.15, 0.2) is 43.0 Å². The molecule has 3 nitrogen and oxygen atoms in total. The zero-order chi connectivity index (χ0) is 12.8. The summed E-state index contributed by atoms with van der Waals surface area (Å²) in [5.41, 5.74) is 1.82. The van der Waals surface area contributed by atoms with Crippen LogP contribution in [0.1, 0.15) is 23.6 Å². The van der Waals surface area contributed by atoms with E-state index in [1.165, 1.54) is 6.20 Å². The van der Waals surface area contributed by atoms with Gasteiger partial charge in [-0.3, -0.25) is 9.97 Å². The number of rotatable bonds is 5. The molecule has 0 fully saturated rings. The van der Waals surface area contributed by atoms with Gasteiger partial charge in [0.15, 0.2) is 0 Å². The highest BCUT2D eigenvalue weighted by Gasteiger charge is 2.13. The van der Waals surface area contributed by atoms with Gasteiger partial charge in [0.25, 0.3) is 0 Å². The summed E-state index contributed by atoms with van der Waals surface area (Å²) in [6.07, 6.45) is 8.15. The SMILES string of the molecule is CNC(CCc1cccnc1)c1ccncc1F. The van der Waals surface area contributed by atoms with E-state index in [2.05, 4.69) is 15.3 Å². The molecule has 2 aromatic rings. The number of pyridine rings is 2. The van der Waals surface area contributed by atoms with Crippen LogP contribution in [0.25, 0.3) is 0 Å². The van der Waals surface area contributed by atoms with Crippen LogP contribution < -0.4 is 5.32 Å². The van der Waals surface area contributed by atoms with Gasteiger partial charge in [0.2, 0.25) is 0 Å². The van der Waals surface area contributed by atoms with E-state index in [-0.39, 0.29) is 11.9 Å². The van der Waals surface area contributed by atoms with Gasteiger partial charge in [-0.25, -0.2) is 4.39 Å². The molecule has 94 valence electrons. The molecule has 18 heavy (non-hydrogen) atoms. The van der Waals surface area contributed by atoms with Crippen molar-refractivity contribution in [2.45, 2.75) is 18.9 Å². The third-order valence-electron chi connectivity index (χ3n) is 2.97. The molecule has 1 unspecified atom stereocenters. The first kappa shape index (κ1) is 12.6. The van der Waals surface area contributed by atoms with Crippen molar-refractivity contribution in [1.82, 2.24) is 15.3 Å². The zero-order valence-corrected chi connectivity index (χ0v) is 10.3. The van der Waals surface area contributed by atoms with Crippen molar-refractivity contribution in [3.8, 4) is 0 Å². The van der Waals surface area contributed by atoms with Crippen LogP contribution in [0.3, 0.4) is 0 Å². The summed E-state index contributed by atoms with van der Waals surface area (Å²) in [6, 6.07) is 5.66. The number of nitrogens with one attached hydrogen (secondary N) is 1. The summed E-state index contributed by atoms with van der Waals surface area (Å²) in [5.74, 6) is -0.261. The van der Waals surface area contributed by atoms with Crippen LogP contribution >= 0.6 is 0 Å². The molecule has 0 aliphatic carbocycles. The van der Waals surface area contributed by atoms with E-state index >= 15 is 0 Å². The lowest BCUT2D eigenvalue weighted by Gasteiger charge is -2.16. The van der Waals surface area contributed by atoms with Gasteiger partial charge in [0.05, 0.1) is 6.20 Å². The Bertz CT molecular complexity index is 487. The summed E-state index contributed by atoms with van der Waals surface area (Å²) in [4.78, 5) is 7.84. The Balaban J connectivity index is 2.04. The molecule has 2 rings (SSSR count). The largest absolute Gasteiger partial charge is 0.313 e. The molecule has 0 saturated heterocycles. The molecule has 0 saturated carbocycles. The fraction of sp³-hybridized carbons (Fsp3) is 0.286. The lowest BCUT2D eigenvalue weighted by Crippen LogP contribution is -2.18. The Labute approximate surface area is 106 Å². The summed E-state index contributed by atoms with van der Waals surface area (Å²) >= 11 is 0. The average Bonchev–Trinajstić information content (AvgIpc) is 2.42. The Morgan fingerprint density at radius 2 is 2.06 bits per heavy atom. The summed E-state index contributed by atoms with van der Waals surface area (Å²) in [7, 11) is 1.84. The lowest BCUT2D eigenvalue weighted by atomic mass is 10.0. The minimum absolute atomic E-state index is 0.00629. The zero-order valence-electron chi connectivity index (χ0n) is 10.3. The van der Waals surface area contributed by atoms with Crippen LogP contribution in [0, 0.1) is 5.82 Å². The molecule has 1 N–H and O–H groups in total. The molecular weight excluding hydrogens is 229 g/mol. The topological polar surface area (TPSA) is 37.8 Å². The first-order valence-corrected chi connectivity index (χ1v) is 5.97. The third-order valence-corrected chi connectivity index (χ3v) is 2.97. The molecule has 0 amide bonds. The van der Waals surface area contributed by atoms with Crippen LogP contribution in [-0.4, -0.2) is 17.0 Å². The van der Waals surface area contributed by atoms with Gasteiger partial charge in [-0.1, -0.05) is 6.07 Å². The van der Waals surface area contributed by atoms with Gasteiger partial charge >= 0.3 is 0 Å². The van der Waals surface area contributed by atoms with E-state index in [4.69, 9.17) is 0 Å². The summed E-state index contributed by atoms with van der Waals surface area (Å²) in [6.45, 7) is 0. The van der Waals surface area contributed by atoms with Gasteiger partial charge in [0, 0.05) is 30.2 Å². The van der Waals surface area contributed by atoms with Crippen LogP contribution in [0.4, 0.5) is 4.39 Å². The Kier molecular flexibility index (Phi) is 4.36. The number of halogens is 1. The van der Waals surface area contributed by atoms with E-state index < -0.39 is 0 Å². The molecule has 2 heterocycles. The molecule has 0 aliphatic rings. The van der Waals surface area contributed by atoms with Crippen molar-refractivity contribution in [2.24, 2.45) is 0 Å². The highest BCUT2D eigenvalue weighted by Crippen LogP contribution is 2.20. The Morgan fingerprint density at radius 3 is 2.72 bits per heavy atom. The number of aryl methyl sites for hydroxylation is 1. The number of hydrogen-bond donors (Lipinski definition) is 1. The normalized spacial score (nSPS) is 12.3. The predicted molar refractivity (Wildman–Crippen MR) is 68.6 cm³/mol. The van der Waals surface area contributed by atoms with Gasteiger partial charge in [0.1, 0.15) is 5.82 Å². The van der Waals surface area contributed by atoms with Crippen molar-refractivity contribution < 1.29 is 4.39 Å². The summed E-state index contributed by atoms with van der Waals surface area (Å²) < 4.78 is 13.6. The maximum absolute atomic E-state index is 13.6. The van der Waals surface area contributed by atoms with E-state index in [0.29, 0.717) is 5.56 Å². The third kappa shape index (κ3) is 3.11. The van der Waals surface area contributed by atoms with Gasteiger partial charge in [-0.15, -0.1) is 0 Å². The summed E-state index contributed by atoms with van der Waals surface area (Å²) in [5, 5.41) is 3.14. The number of hydrogen-bond acceptors (Lipinski definition) is 3. The fourth-order valence-corrected chi connectivity index (χ4v) is 1.98. The monoisotopic (exact) mass is 245 g/mol. The maximum atomic E-state index is 13.6. The molecule has 0 aromatic carbocycles. The molecule has 0 radical (unpaired) electrons. The second kappa shape index (κ2) is 6.21. The standard InChI is InChI=1S/C14H16FN3/c1-16-14(12-6-8-18-10-13(12)15)5-4-11-3-2-7-17-9-11/h2-3,6-10,14,16H,4-5H2,1H3. The van der Waals surface area contributed by atoms with Crippen molar-refractivity contribution in [2.75, 3.05) is 7.05 Å². The molecule has 4 heteroatoms. The molecule has 0 bridgehead atoms. The number of aromatic nitrogens is 2. The maximum Gasteiger partial charge on any atom is 0.146 e.